The fourth-order valence-electron chi connectivity index (χ4n) is 5.70. The lowest BCUT2D eigenvalue weighted by atomic mass is 9.95. The molecule has 0 spiro atoms. The third-order valence-corrected chi connectivity index (χ3v) is 10.0. The van der Waals surface area contributed by atoms with Crippen molar-refractivity contribution in [3.05, 3.63) is 90.6 Å². The van der Waals surface area contributed by atoms with E-state index in [1.807, 2.05) is 20.8 Å². The number of anilines is 3. The van der Waals surface area contributed by atoms with Crippen molar-refractivity contribution in [2.45, 2.75) is 105 Å². The number of carbonyl (C=O) groups excluding carboxylic acids is 2. The number of nitrogens with two attached hydrogens (primary N) is 1. The number of halogens is 4. The van der Waals surface area contributed by atoms with Crippen LogP contribution in [0.1, 0.15) is 115 Å². The van der Waals surface area contributed by atoms with Crippen molar-refractivity contribution in [1.29, 1.82) is 0 Å². The molecule has 0 fully saturated rings. The number of nitrogens with one attached hydrogen (secondary N) is 2. The Bertz CT molecular complexity index is 1960. The summed E-state index contributed by atoms with van der Waals surface area (Å²) in [5, 5.41) is 16.2. The zero-order valence-electron chi connectivity index (χ0n) is 31.3. The SMILES string of the molecule is CCCCCCCCCCCCCC(=O)c1ccc(Cl)c(N(N)c2[nH]n(-c3c(Cl)cc(Cl)cc3Cl)c(=O)c2N=Nc2ccc(NC(=O)C(C)(C)C)cc2)c1. The number of aromatic amines is 1. The van der Waals surface area contributed by atoms with Crippen LogP contribution in [0.5, 0.6) is 0 Å². The average Bonchev–Trinajstić information content (AvgIpc) is 3.44. The number of rotatable bonds is 19. The lowest BCUT2D eigenvalue weighted by Crippen LogP contribution is -2.27. The summed E-state index contributed by atoms with van der Waals surface area (Å²) in [7, 11) is 0. The highest BCUT2D eigenvalue weighted by Gasteiger charge is 2.25. The van der Waals surface area contributed by atoms with Crippen molar-refractivity contribution < 1.29 is 9.59 Å². The zero-order chi connectivity index (χ0) is 39.4. The highest BCUT2D eigenvalue weighted by atomic mass is 35.5. The van der Waals surface area contributed by atoms with Crippen molar-refractivity contribution >= 4 is 86.7 Å². The molecule has 0 aliphatic rings. The van der Waals surface area contributed by atoms with Crippen LogP contribution in [0.3, 0.4) is 0 Å². The van der Waals surface area contributed by atoms with Crippen molar-refractivity contribution in [2.24, 2.45) is 21.5 Å². The summed E-state index contributed by atoms with van der Waals surface area (Å²) in [6.07, 6.45) is 13.5. The summed E-state index contributed by atoms with van der Waals surface area (Å²) < 4.78 is 1.09. The molecule has 290 valence electrons. The lowest BCUT2D eigenvalue weighted by molar-refractivity contribution is -0.123. The fraction of sp³-hybridized carbons (Fsp3) is 0.425. The number of hydrogen-bond donors (Lipinski definition) is 3. The molecule has 4 aromatic rings. The quantitative estimate of drug-likeness (QED) is 0.0284. The van der Waals surface area contributed by atoms with Gasteiger partial charge in [0, 0.05) is 28.1 Å². The molecule has 1 heterocycles. The van der Waals surface area contributed by atoms with Gasteiger partial charge >= 0.3 is 5.56 Å². The van der Waals surface area contributed by atoms with E-state index in [4.69, 9.17) is 52.2 Å². The number of azo groups is 1. The van der Waals surface area contributed by atoms with Gasteiger partial charge in [-0.05, 0) is 61.0 Å². The van der Waals surface area contributed by atoms with Crippen LogP contribution in [-0.4, -0.2) is 21.5 Å². The number of ketones is 1. The molecule has 1 amide bonds. The number of unbranched alkanes of at least 4 members (excludes halogenated alkanes) is 10. The summed E-state index contributed by atoms with van der Waals surface area (Å²) in [5.41, 5.74) is 0.317. The average molecular weight is 818 g/mol. The van der Waals surface area contributed by atoms with E-state index < -0.39 is 11.0 Å². The largest absolute Gasteiger partial charge is 0.326 e. The first-order chi connectivity index (χ1) is 25.7. The number of H-pyrrole nitrogens is 1. The minimum atomic E-state index is -0.677. The Morgan fingerprint density at radius 1 is 0.796 bits per heavy atom. The standard InChI is InChI=1S/C40H49Cl4N7O3/c1-5-6-7-8-9-10-11-12-13-14-15-16-34(52)26-17-22-30(42)33(23-26)50(45)37-35(38(53)51(49-37)36-31(43)24-27(41)25-32(36)44)48-47-29-20-18-28(19-21-29)46-39(54)40(2,3)4/h17-25,49H,5-16,45H2,1-4H3,(H,46,54). The molecule has 0 aliphatic heterocycles. The van der Waals surface area contributed by atoms with Gasteiger partial charge in [0.2, 0.25) is 5.91 Å². The summed E-state index contributed by atoms with van der Waals surface area (Å²) >= 11 is 25.8. The van der Waals surface area contributed by atoms with E-state index in [1.165, 1.54) is 63.5 Å². The first-order valence-electron chi connectivity index (χ1n) is 18.4. The molecule has 0 radical (unpaired) electrons. The van der Waals surface area contributed by atoms with Crippen molar-refractivity contribution in [3.8, 4) is 5.69 Å². The molecule has 3 aromatic carbocycles. The van der Waals surface area contributed by atoms with Crippen LogP contribution >= 0.6 is 46.4 Å². The highest BCUT2D eigenvalue weighted by molar-refractivity contribution is 6.40. The van der Waals surface area contributed by atoms with Crippen LogP contribution in [0.4, 0.5) is 28.6 Å². The van der Waals surface area contributed by atoms with Gasteiger partial charge in [-0.2, -0.15) is 5.11 Å². The van der Waals surface area contributed by atoms with Gasteiger partial charge in [-0.3, -0.25) is 24.5 Å². The molecule has 4 N–H and O–H groups in total. The van der Waals surface area contributed by atoms with Crippen LogP contribution in [-0.2, 0) is 4.79 Å². The number of aromatic nitrogens is 2. The van der Waals surface area contributed by atoms with Gasteiger partial charge < -0.3 is 5.32 Å². The number of Topliss-reactive ketones (excluding diaryl/α,β-unsaturated/α-hetero) is 1. The molecule has 0 saturated carbocycles. The summed E-state index contributed by atoms with van der Waals surface area (Å²) in [6.45, 7) is 7.69. The molecule has 0 atom stereocenters. The van der Waals surface area contributed by atoms with E-state index in [2.05, 4.69) is 27.6 Å². The predicted molar refractivity (Wildman–Crippen MR) is 223 cm³/mol. The Labute approximate surface area is 337 Å². The Balaban J connectivity index is 1.56. The van der Waals surface area contributed by atoms with Crippen LogP contribution < -0.4 is 21.7 Å². The van der Waals surface area contributed by atoms with E-state index in [0.29, 0.717) is 23.4 Å². The summed E-state index contributed by atoms with van der Waals surface area (Å²) in [6, 6.07) is 14.4. The lowest BCUT2D eigenvalue weighted by Gasteiger charge is -2.19. The predicted octanol–water partition coefficient (Wildman–Crippen LogP) is 13.1. The molecule has 0 aliphatic carbocycles. The second-order valence-electron chi connectivity index (χ2n) is 14.4. The molecule has 0 unspecified atom stereocenters. The van der Waals surface area contributed by atoms with Crippen molar-refractivity contribution in [3.63, 3.8) is 0 Å². The maximum Gasteiger partial charge on any atom is 0.301 e. The molecule has 4 rings (SSSR count). The molecule has 10 nitrogen and oxygen atoms in total. The number of benzene rings is 3. The number of nitrogens with zero attached hydrogens (tertiary/aromatic N) is 4. The van der Waals surface area contributed by atoms with Crippen molar-refractivity contribution in [2.75, 3.05) is 10.3 Å². The first kappa shape index (κ1) is 43.1. The van der Waals surface area contributed by atoms with E-state index in [0.717, 1.165) is 29.0 Å². The van der Waals surface area contributed by atoms with Crippen LogP contribution in [0, 0.1) is 5.41 Å². The normalized spacial score (nSPS) is 11.7. The molecule has 1 aromatic heterocycles. The van der Waals surface area contributed by atoms with Gasteiger partial charge in [-0.25, -0.2) is 10.5 Å². The van der Waals surface area contributed by atoms with Gasteiger partial charge in [-0.1, -0.05) is 138 Å². The van der Waals surface area contributed by atoms with E-state index in [1.54, 1.807) is 42.5 Å². The molecule has 0 bridgehead atoms. The number of hydrogen-bond acceptors (Lipinski definition) is 7. The molecular formula is C40H49Cl4N7O3. The molecular weight excluding hydrogens is 768 g/mol. The fourth-order valence-corrected chi connectivity index (χ4v) is 6.90. The second-order valence-corrected chi connectivity index (χ2v) is 16.0. The highest BCUT2D eigenvalue weighted by Crippen LogP contribution is 2.37. The van der Waals surface area contributed by atoms with E-state index >= 15 is 0 Å². The molecule has 14 heteroatoms. The van der Waals surface area contributed by atoms with Gasteiger partial charge in [-0.15, -0.1) is 5.11 Å². The van der Waals surface area contributed by atoms with Crippen LogP contribution in [0.15, 0.2) is 69.6 Å². The molecule has 54 heavy (non-hydrogen) atoms. The summed E-state index contributed by atoms with van der Waals surface area (Å²) in [4.78, 5) is 39.6. The molecule has 0 saturated heterocycles. The number of amides is 1. The minimum absolute atomic E-state index is 0.00300. The topological polar surface area (TPSA) is 138 Å². The van der Waals surface area contributed by atoms with Crippen LogP contribution in [0.25, 0.3) is 5.69 Å². The van der Waals surface area contributed by atoms with Gasteiger partial charge in [0.1, 0.15) is 5.69 Å². The Hall–Kier alpha value is -3.67. The Morgan fingerprint density at radius 3 is 1.94 bits per heavy atom. The van der Waals surface area contributed by atoms with Gasteiger partial charge in [0.25, 0.3) is 0 Å². The maximum absolute atomic E-state index is 14.0. The minimum Gasteiger partial charge on any atom is -0.326 e. The smallest absolute Gasteiger partial charge is 0.301 e. The van der Waals surface area contributed by atoms with Gasteiger partial charge in [0.15, 0.2) is 17.3 Å². The monoisotopic (exact) mass is 815 g/mol. The van der Waals surface area contributed by atoms with Crippen LogP contribution in [0.2, 0.25) is 20.1 Å². The Kier molecular flexibility index (Phi) is 16.2. The summed E-state index contributed by atoms with van der Waals surface area (Å²) in [5.74, 6) is 6.47. The van der Waals surface area contributed by atoms with E-state index in [-0.39, 0.29) is 54.7 Å². The third kappa shape index (κ3) is 11.9. The maximum atomic E-state index is 14.0. The first-order valence-corrected chi connectivity index (χ1v) is 19.9. The van der Waals surface area contributed by atoms with Gasteiger partial charge in [0.05, 0.1) is 26.4 Å². The number of hydrazine groups is 1. The Morgan fingerprint density at radius 2 is 1.37 bits per heavy atom. The van der Waals surface area contributed by atoms with Crippen molar-refractivity contribution in [1.82, 2.24) is 9.78 Å². The number of carbonyl (C=O) groups is 2. The van der Waals surface area contributed by atoms with E-state index in [9.17, 15) is 14.4 Å². The third-order valence-electron chi connectivity index (χ3n) is 8.90. The second kappa shape index (κ2) is 20.3. The zero-order valence-corrected chi connectivity index (χ0v) is 34.3.